The highest BCUT2D eigenvalue weighted by atomic mass is 32.2. The van der Waals surface area contributed by atoms with Gasteiger partial charge in [0.05, 0.1) is 18.3 Å². The molecule has 5 rings (SSSR count). The molecule has 1 amide bonds. The maximum Gasteiger partial charge on any atom is 0.283 e. The second-order valence-electron chi connectivity index (χ2n) is 9.49. The van der Waals surface area contributed by atoms with Gasteiger partial charge in [-0.05, 0) is 66.3 Å². The van der Waals surface area contributed by atoms with E-state index in [0.29, 0.717) is 30.2 Å². The number of methoxy groups -OCH3 is 1. The van der Waals surface area contributed by atoms with Crippen LogP contribution in [0.5, 0.6) is 5.75 Å². The number of ether oxygens (including phenoxy) is 2. The van der Waals surface area contributed by atoms with Crippen LogP contribution in [0.4, 0.5) is 5.82 Å². The molecule has 10 heteroatoms. The zero-order valence-electron chi connectivity index (χ0n) is 21.1. The van der Waals surface area contributed by atoms with E-state index in [-0.39, 0.29) is 21.8 Å². The first-order chi connectivity index (χ1) is 18.2. The highest BCUT2D eigenvalue weighted by molar-refractivity contribution is 7.90. The van der Waals surface area contributed by atoms with Gasteiger partial charge in [-0.3, -0.25) is 4.79 Å². The Labute approximate surface area is 221 Å². The van der Waals surface area contributed by atoms with Crippen molar-refractivity contribution in [1.82, 2.24) is 14.7 Å². The summed E-state index contributed by atoms with van der Waals surface area (Å²) in [4.78, 5) is 21.8. The summed E-state index contributed by atoms with van der Waals surface area (Å²) < 4.78 is 39.7. The Morgan fingerprint density at radius 1 is 1.03 bits per heavy atom. The van der Waals surface area contributed by atoms with Crippen LogP contribution in [0.1, 0.15) is 35.8 Å². The van der Waals surface area contributed by atoms with E-state index in [0.717, 1.165) is 29.4 Å². The molecule has 1 aliphatic rings. The first kappa shape index (κ1) is 25.6. The number of rotatable bonds is 6. The maximum absolute atomic E-state index is 13.4. The van der Waals surface area contributed by atoms with Gasteiger partial charge in [0.25, 0.3) is 15.9 Å². The van der Waals surface area contributed by atoms with Gasteiger partial charge in [0.1, 0.15) is 22.2 Å². The number of hydrogen-bond acceptors (Lipinski definition) is 8. The summed E-state index contributed by atoms with van der Waals surface area (Å²) in [6.07, 6.45) is 1.53. The summed E-state index contributed by atoms with van der Waals surface area (Å²) >= 11 is 0. The van der Waals surface area contributed by atoms with Crippen molar-refractivity contribution in [2.24, 2.45) is 0 Å². The van der Waals surface area contributed by atoms with E-state index >= 15 is 0 Å². The van der Waals surface area contributed by atoms with Crippen LogP contribution in [0.2, 0.25) is 0 Å². The van der Waals surface area contributed by atoms with E-state index in [1.54, 1.807) is 36.4 Å². The van der Waals surface area contributed by atoms with Gasteiger partial charge in [0.2, 0.25) is 0 Å². The lowest BCUT2D eigenvalue weighted by molar-refractivity contribution is 0.0563. The minimum absolute atomic E-state index is 0.0368. The molecule has 0 aliphatic carbocycles. The number of hydrogen-bond donors (Lipinski definition) is 2. The molecule has 2 aromatic heterocycles. The second kappa shape index (κ2) is 10.0. The normalized spacial score (nSPS) is 15.2. The molecule has 0 saturated carbocycles. The Morgan fingerprint density at radius 3 is 2.53 bits per heavy atom. The predicted molar refractivity (Wildman–Crippen MR) is 144 cm³/mol. The highest BCUT2D eigenvalue weighted by Crippen LogP contribution is 2.37. The molecule has 4 aromatic rings. The Hall–Kier alpha value is -4.02. The number of aromatic nitrogens is 2. The van der Waals surface area contributed by atoms with Crippen LogP contribution in [0, 0.1) is 0 Å². The molecule has 1 aliphatic heterocycles. The van der Waals surface area contributed by atoms with Gasteiger partial charge in [-0.2, -0.15) is 0 Å². The third kappa shape index (κ3) is 4.92. The molecule has 0 spiro atoms. The van der Waals surface area contributed by atoms with Gasteiger partial charge >= 0.3 is 0 Å². The molecule has 1 fully saturated rings. The molecule has 1 saturated heterocycles. The summed E-state index contributed by atoms with van der Waals surface area (Å²) in [5.74, 6) is -0.307. The summed E-state index contributed by atoms with van der Waals surface area (Å²) in [6.45, 7) is 3.29. The van der Waals surface area contributed by atoms with Crippen molar-refractivity contribution < 1.29 is 22.7 Å². The summed E-state index contributed by atoms with van der Waals surface area (Å²) in [5.41, 5.74) is 8.39. The number of amides is 1. The Bertz CT molecular complexity index is 1630. The van der Waals surface area contributed by atoms with Gasteiger partial charge < -0.3 is 15.2 Å². The standard InChI is InChI=1S/C28H28N4O5S/c1-28(13-15-37-16-14-28)18-9-12-24(36-2)25(17-18)38(34,35)32-27(33)23-11-10-20-19(5-3-6-21(20)30-23)22-7-4-8-26(29)31-22/h3-12,17H,13-16H2,1-2H3,(H2,29,31)(H,32,33). The molecule has 3 N–H and O–H groups in total. The van der Waals surface area contributed by atoms with Gasteiger partial charge in [0.15, 0.2) is 0 Å². The SMILES string of the molecule is COc1ccc(C2(C)CCOCC2)cc1S(=O)(=O)NC(=O)c1ccc2c(-c3cccc(N)n3)cccc2n1. The zero-order chi connectivity index (χ0) is 26.9. The van der Waals surface area contributed by atoms with E-state index in [1.807, 2.05) is 24.3 Å². The van der Waals surface area contributed by atoms with Crippen LogP contribution in [0.15, 0.2) is 71.6 Å². The van der Waals surface area contributed by atoms with Crippen molar-refractivity contribution in [2.45, 2.75) is 30.1 Å². The minimum Gasteiger partial charge on any atom is -0.495 e. The van der Waals surface area contributed by atoms with E-state index < -0.39 is 15.9 Å². The van der Waals surface area contributed by atoms with Crippen molar-refractivity contribution in [3.63, 3.8) is 0 Å². The fourth-order valence-corrected chi connectivity index (χ4v) is 5.87. The van der Waals surface area contributed by atoms with E-state index in [9.17, 15) is 13.2 Å². The molecule has 3 heterocycles. The van der Waals surface area contributed by atoms with Crippen molar-refractivity contribution >= 4 is 32.7 Å². The smallest absolute Gasteiger partial charge is 0.283 e. The molecule has 38 heavy (non-hydrogen) atoms. The minimum atomic E-state index is -4.27. The fourth-order valence-electron chi connectivity index (χ4n) is 4.71. The number of nitrogens with one attached hydrogen (secondary N) is 1. The lowest BCUT2D eigenvalue weighted by Crippen LogP contribution is -2.33. The van der Waals surface area contributed by atoms with Crippen molar-refractivity contribution in [3.8, 4) is 17.0 Å². The number of nitrogens with zero attached hydrogens (tertiary/aromatic N) is 2. The lowest BCUT2D eigenvalue weighted by Gasteiger charge is -2.34. The quantitative estimate of drug-likeness (QED) is 0.380. The third-order valence-electron chi connectivity index (χ3n) is 6.98. The third-order valence-corrected chi connectivity index (χ3v) is 8.34. The Balaban J connectivity index is 1.46. The average Bonchev–Trinajstić information content (AvgIpc) is 2.92. The molecular formula is C28H28N4O5S. The number of carbonyl (C=O) groups is 1. The first-order valence-corrected chi connectivity index (χ1v) is 13.6. The van der Waals surface area contributed by atoms with Crippen molar-refractivity contribution in [1.29, 1.82) is 0 Å². The van der Waals surface area contributed by atoms with Crippen molar-refractivity contribution in [3.05, 3.63) is 78.0 Å². The lowest BCUT2D eigenvalue weighted by atomic mass is 9.76. The zero-order valence-corrected chi connectivity index (χ0v) is 21.9. The van der Waals surface area contributed by atoms with Crippen LogP contribution in [0.3, 0.4) is 0 Å². The molecule has 2 aromatic carbocycles. The van der Waals surface area contributed by atoms with E-state index in [2.05, 4.69) is 21.6 Å². The molecule has 0 atom stereocenters. The Morgan fingerprint density at radius 2 is 1.79 bits per heavy atom. The molecule has 0 radical (unpaired) electrons. The fraction of sp³-hybridized carbons (Fsp3) is 0.250. The van der Waals surface area contributed by atoms with Crippen LogP contribution in [-0.2, 0) is 20.2 Å². The molecule has 0 unspecified atom stereocenters. The summed E-state index contributed by atoms with van der Waals surface area (Å²) in [5, 5.41) is 0.754. The largest absolute Gasteiger partial charge is 0.495 e. The van der Waals surface area contributed by atoms with E-state index in [1.165, 1.54) is 13.2 Å². The van der Waals surface area contributed by atoms with Crippen molar-refractivity contribution in [2.75, 3.05) is 26.1 Å². The topological polar surface area (TPSA) is 134 Å². The monoisotopic (exact) mass is 532 g/mol. The summed E-state index contributed by atoms with van der Waals surface area (Å²) in [6, 6.07) is 19.0. The number of benzene rings is 2. The maximum atomic E-state index is 13.4. The number of pyridine rings is 2. The van der Waals surface area contributed by atoms with Gasteiger partial charge in [0, 0.05) is 24.2 Å². The number of carbonyl (C=O) groups excluding carboxylic acids is 1. The van der Waals surface area contributed by atoms with Gasteiger partial charge in [-0.1, -0.05) is 31.2 Å². The van der Waals surface area contributed by atoms with Crippen LogP contribution >= 0.6 is 0 Å². The number of fused-ring (bicyclic) bond motifs is 1. The number of nitrogens with two attached hydrogens (primary N) is 1. The average molecular weight is 533 g/mol. The highest BCUT2D eigenvalue weighted by Gasteiger charge is 2.32. The first-order valence-electron chi connectivity index (χ1n) is 12.2. The van der Waals surface area contributed by atoms with E-state index in [4.69, 9.17) is 15.2 Å². The van der Waals surface area contributed by atoms with Crippen LogP contribution < -0.4 is 15.2 Å². The molecular weight excluding hydrogens is 504 g/mol. The van der Waals surface area contributed by atoms with Crippen LogP contribution in [0.25, 0.3) is 22.2 Å². The summed E-state index contributed by atoms with van der Waals surface area (Å²) in [7, 11) is -2.87. The molecule has 196 valence electrons. The number of sulfonamides is 1. The molecule has 9 nitrogen and oxygen atoms in total. The second-order valence-corrected chi connectivity index (χ2v) is 11.1. The Kier molecular flexibility index (Phi) is 6.77. The number of nitrogen functional groups attached to an aromatic ring is 1. The van der Waals surface area contributed by atoms with Gasteiger partial charge in [-0.25, -0.2) is 23.1 Å². The van der Waals surface area contributed by atoms with Crippen LogP contribution in [-0.4, -0.2) is 44.6 Å². The molecule has 0 bridgehead atoms. The van der Waals surface area contributed by atoms with Gasteiger partial charge in [-0.15, -0.1) is 0 Å². The number of anilines is 1. The predicted octanol–water partition coefficient (Wildman–Crippen LogP) is 4.07.